The van der Waals surface area contributed by atoms with E-state index in [1.54, 1.807) is 45.9 Å². The van der Waals surface area contributed by atoms with Gasteiger partial charge < -0.3 is 59.7 Å². The van der Waals surface area contributed by atoms with Gasteiger partial charge in [0.25, 0.3) is 5.91 Å². The van der Waals surface area contributed by atoms with Gasteiger partial charge in [-0.15, -0.1) is 0 Å². The largest absolute Gasteiger partial charge is 0.507 e. The lowest BCUT2D eigenvalue weighted by molar-refractivity contribution is -0.119. The average Bonchev–Trinajstić information content (AvgIpc) is 3.56. The molecule has 17 nitrogen and oxygen atoms in total. The maximum Gasteiger partial charge on any atom is 0.307 e. The minimum Gasteiger partial charge on any atom is -0.507 e. The van der Waals surface area contributed by atoms with E-state index in [0.29, 0.717) is 25.3 Å². The number of hydrogen-bond acceptors (Lipinski definition) is 15. The highest BCUT2D eigenvalue weighted by Gasteiger charge is 2.44. The highest BCUT2D eigenvalue weighted by molar-refractivity contribution is 6.16. The lowest BCUT2D eigenvalue weighted by atomic mass is 9.78. The monoisotopic (exact) mass is 912 g/mol. The lowest BCUT2D eigenvalue weighted by Crippen LogP contribution is -2.44. The van der Waals surface area contributed by atoms with Crippen molar-refractivity contribution in [1.29, 1.82) is 0 Å². The number of carbonyl (C=O) groups is 2. The fraction of sp³-hybridized carbons (Fsp3) is 0.490. The number of benzene rings is 3. The summed E-state index contributed by atoms with van der Waals surface area (Å²) in [6.07, 6.45) is 4.90. The minimum atomic E-state index is -1.97. The highest BCUT2D eigenvalue weighted by Crippen LogP contribution is 2.42. The van der Waals surface area contributed by atoms with Gasteiger partial charge in [0.15, 0.2) is 22.4 Å². The van der Waals surface area contributed by atoms with Gasteiger partial charge in [0.05, 0.1) is 41.3 Å². The van der Waals surface area contributed by atoms with Crippen LogP contribution in [0.1, 0.15) is 66.9 Å². The number of ether oxygens (including phenoxy) is 3. The Bertz CT molecular complexity index is 2850. The Labute approximate surface area is 381 Å². The molecule has 1 fully saturated rings. The van der Waals surface area contributed by atoms with E-state index in [1.807, 2.05) is 4.90 Å². The quantitative estimate of drug-likeness (QED) is 0.111. The Morgan fingerprint density at radius 1 is 0.955 bits per heavy atom. The number of methoxy groups -OCH3 is 1. The fourth-order valence-corrected chi connectivity index (χ4v) is 9.35. The topological polar surface area (TPSA) is 250 Å². The number of piperidine rings is 1. The molecule has 3 aliphatic rings. The second-order valence-corrected chi connectivity index (χ2v) is 18.3. The van der Waals surface area contributed by atoms with Crippen molar-refractivity contribution < 1.29 is 53.7 Å². The van der Waals surface area contributed by atoms with E-state index in [4.69, 9.17) is 23.6 Å². The third-order valence-corrected chi connectivity index (χ3v) is 13.8. The molecule has 7 rings (SSSR count). The number of rotatable bonds is 4. The van der Waals surface area contributed by atoms with E-state index < -0.39 is 87.8 Å². The third-order valence-electron chi connectivity index (χ3n) is 13.8. The molecule has 3 aromatic carbocycles. The summed E-state index contributed by atoms with van der Waals surface area (Å²) in [5.41, 5.74) is -1.56. The molecule has 4 heterocycles. The van der Waals surface area contributed by atoms with Crippen LogP contribution in [-0.2, 0) is 19.1 Å². The van der Waals surface area contributed by atoms with E-state index >= 15 is 0 Å². The van der Waals surface area contributed by atoms with Crippen LogP contribution >= 0.6 is 0 Å². The number of nitrogens with zero attached hydrogens (tertiary/aromatic N) is 2. The summed E-state index contributed by atoms with van der Waals surface area (Å²) in [5, 5.41) is 63.0. The smallest absolute Gasteiger partial charge is 0.307 e. The molecule has 0 unspecified atom stereocenters. The van der Waals surface area contributed by atoms with Crippen molar-refractivity contribution >= 4 is 61.9 Å². The van der Waals surface area contributed by atoms with E-state index in [1.165, 1.54) is 59.3 Å². The van der Waals surface area contributed by atoms with Gasteiger partial charge in [0.1, 0.15) is 22.7 Å². The highest BCUT2D eigenvalue weighted by atomic mass is 16.7. The van der Waals surface area contributed by atoms with Crippen LogP contribution in [-0.4, -0.2) is 99.3 Å². The van der Waals surface area contributed by atoms with Crippen molar-refractivity contribution in [2.75, 3.05) is 37.0 Å². The van der Waals surface area contributed by atoms with Crippen molar-refractivity contribution in [1.82, 2.24) is 10.3 Å². The fourth-order valence-electron chi connectivity index (χ4n) is 9.35. The van der Waals surface area contributed by atoms with Gasteiger partial charge in [-0.3, -0.25) is 19.2 Å². The zero-order chi connectivity index (χ0) is 48.1. The molecular weight excluding hydrogens is 853 g/mol. The van der Waals surface area contributed by atoms with Crippen LogP contribution in [0.15, 0.2) is 62.3 Å². The van der Waals surface area contributed by atoms with Crippen LogP contribution in [0.25, 0.3) is 38.7 Å². The van der Waals surface area contributed by atoms with Crippen molar-refractivity contribution in [3.8, 4) is 11.5 Å². The SMILES string of the molecule is CO[C@H]1/C=C/O[C@@]2(C)Oc3c(C)c(O)c4c(=O)c(c5oc6cc(N7CCC(CNC(C)=O)CC7)cc(=O)c6nc5c4c3=C2O)NC(=O)/C(C)=C\C=C\[C@H](C)[C@H](O)[C@@H](C)[C@@H](O)[C@@H](C)[C@H](O)[C@@H]1C. The molecule has 9 atom stereocenters. The molecule has 0 saturated carbocycles. The Morgan fingerprint density at radius 3 is 2.29 bits per heavy atom. The van der Waals surface area contributed by atoms with Crippen LogP contribution in [0.5, 0.6) is 11.5 Å². The van der Waals surface area contributed by atoms with Crippen LogP contribution in [0.2, 0.25) is 0 Å². The standard InChI is InChI=1S/C49H60N4O13/c1-22-11-10-12-23(2)48(62)52-39-44(60)35-34(38-46(39)65-33-20-30(19-31(55)37(33)51-38)53-16-13-29(14-17-53)21-50-28(7)54)36-45(27(6)43(35)59)66-49(8,47(36)61)64-18-15-32(63-9)24(3)41(57)26(5)42(58)25(4)40(22)56/h10-12,15,18-20,22,24-26,29,32,40-42,56-59,61H,13-14,16-17,21H2,1-9H3,(H,50,54)(H,52,62)/b11-10+,18-15+,23-12-/t22-,24+,25+,26-,32-,40-,41+,42+,49-/m0/s1. The van der Waals surface area contributed by atoms with Crippen LogP contribution < -0.4 is 36.3 Å². The second-order valence-electron chi connectivity index (χ2n) is 18.3. The zero-order valence-corrected chi connectivity index (χ0v) is 38.7. The number of phenolic OH excluding ortho intramolecular Hbond substituents is 1. The average molecular weight is 913 g/mol. The molecule has 7 N–H and O–H groups in total. The Morgan fingerprint density at radius 2 is 1.62 bits per heavy atom. The molecule has 0 aliphatic carbocycles. The summed E-state index contributed by atoms with van der Waals surface area (Å²) in [6.45, 7) is 14.5. The maximum absolute atomic E-state index is 14.8. The summed E-state index contributed by atoms with van der Waals surface area (Å²) >= 11 is 0. The molecule has 17 heteroatoms. The molecule has 1 aromatic heterocycles. The second kappa shape index (κ2) is 18.7. The Balaban J connectivity index is 1.44. The van der Waals surface area contributed by atoms with E-state index in [2.05, 4.69) is 10.6 Å². The van der Waals surface area contributed by atoms with Gasteiger partial charge in [-0.2, -0.15) is 0 Å². The van der Waals surface area contributed by atoms with Crippen molar-refractivity contribution in [2.24, 2.45) is 29.6 Å². The van der Waals surface area contributed by atoms with Gasteiger partial charge >= 0.3 is 5.79 Å². The van der Waals surface area contributed by atoms with Crippen LogP contribution in [0.4, 0.5) is 11.4 Å². The molecule has 0 spiro atoms. The number of aromatic nitrogens is 1. The number of phenols is 1. The lowest BCUT2D eigenvalue weighted by Gasteiger charge is -2.36. The van der Waals surface area contributed by atoms with Gasteiger partial charge in [0, 0.05) is 98.6 Å². The first kappa shape index (κ1) is 47.9. The van der Waals surface area contributed by atoms with Crippen LogP contribution in [0, 0.1) is 36.5 Å². The van der Waals surface area contributed by atoms with Crippen molar-refractivity contribution in [3.05, 3.63) is 79.5 Å². The van der Waals surface area contributed by atoms with Gasteiger partial charge in [0.2, 0.25) is 16.8 Å². The van der Waals surface area contributed by atoms with E-state index in [0.717, 1.165) is 12.8 Å². The minimum absolute atomic E-state index is 0.00652. The van der Waals surface area contributed by atoms with E-state index in [9.17, 15) is 44.7 Å². The number of hydrogen-bond donors (Lipinski definition) is 7. The van der Waals surface area contributed by atoms with Crippen molar-refractivity contribution in [2.45, 2.75) is 98.4 Å². The predicted molar refractivity (Wildman–Crippen MR) is 249 cm³/mol. The van der Waals surface area contributed by atoms with Gasteiger partial charge in [-0.1, -0.05) is 45.9 Å². The van der Waals surface area contributed by atoms with Crippen molar-refractivity contribution in [3.63, 3.8) is 0 Å². The third kappa shape index (κ3) is 8.72. The molecule has 2 amide bonds. The number of aliphatic hydroxyl groups is 4. The first-order valence-corrected chi connectivity index (χ1v) is 22.3. The maximum atomic E-state index is 14.8. The predicted octanol–water partition coefficient (Wildman–Crippen LogP) is 4.34. The first-order valence-electron chi connectivity index (χ1n) is 22.3. The number of nitrogens with one attached hydrogen (secondary N) is 2. The van der Waals surface area contributed by atoms with Gasteiger partial charge in [-0.05, 0) is 38.7 Å². The summed E-state index contributed by atoms with van der Waals surface area (Å²) < 4.78 is 24.5. The molecule has 0 radical (unpaired) electrons. The summed E-state index contributed by atoms with van der Waals surface area (Å²) in [4.78, 5) is 61.1. The Hall–Kier alpha value is -6.01. The summed E-state index contributed by atoms with van der Waals surface area (Å²) in [5.74, 6) is -6.17. The number of fused-ring (bicyclic) bond motifs is 2. The number of anilines is 2. The molecule has 354 valence electrons. The number of aromatic hydroxyl groups is 1. The molecular formula is C49H60N4O13. The van der Waals surface area contributed by atoms with E-state index in [-0.39, 0.29) is 66.9 Å². The molecule has 3 aliphatic heterocycles. The summed E-state index contributed by atoms with van der Waals surface area (Å²) in [6, 6.07) is 3.07. The number of aliphatic hydroxyl groups excluding tert-OH is 4. The number of carbonyl (C=O) groups excluding carboxylic acids is 2. The number of allylic oxidation sites excluding steroid dienone is 2. The number of amides is 2. The first-order chi connectivity index (χ1) is 31.2. The Kier molecular flexibility index (Phi) is 13.6. The molecule has 1 saturated heterocycles. The van der Waals surface area contributed by atoms with Crippen LogP contribution in [0.3, 0.4) is 0 Å². The molecule has 66 heavy (non-hydrogen) atoms. The zero-order valence-electron chi connectivity index (χ0n) is 38.7. The normalized spacial score (nSPS) is 29.9. The molecule has 4 aromatic rings. The van der Waals surface area contributed by atoms with Gasteiger partial charge in [-0.25, -0.2) is 4.98 Å². The molecule has 4 bridgehead atoms. The summed E-state index contributed by atoms with van der Waals surface area (Å²) in [7, 11) is 1.44.